The zero-order chi connectivity index (χ0) is 23.0. The van der Waals surface area contributed by atoms with E-state index in [2.05, 4.69) is 15.0 Å². The number of anilines is 1. The first-order valence-corrected chi connectivity index (χ1v) is 10.7. The number of esters is 2. The number of carbonyl (C=O) groups is 3. The highest BCUT2D eigenvalue weighted by Crippen LogP contribution is 2.27. The van der Waals surface area contributed by atoms with Gasteiger partial charge < -0.3 is 13.9 Å². The monoisotopic (exact) mass is 448 g/mol. The molecule has 0 spiro atoms. The highest BCUT2D eigenvalue weighted by molar-refractivity contribution is 6.31. The molecule has 1 fully saturated rings. The van der Waals surface area contributed by atoms with Gasteiger partial charge in [0.2, 0.25) is 0 Å². The molecule has 33 heavy (non-hydrogen) atoms. The third-order valence-corrected chi connectivity index (χ3v) is 5.40. The van der Waals surface area contributed by atoms with Crippen LogP contribution in [-0.4, -0.2) is 42.1 Å². The molecule has 2 heterocycles. The first kappa shape index (κ1) is 22.3. The van der Waals surface area contributed by atoms with Gasteiger partial charge in [-0.2, -0.15) is 0 Å². The summed E-state index contributed by atoms with van der Waals surface area (Å²) >= 11 is 0. The molecule has 8 heteroatoms. The molecule has 0 radical (unpaired) electrons. The van der Waals surface area contributed by atoms with Crippen molar-refractivity contribution in [1.82, 2.24) is 4.90 Å². The normalized spacial score (nSPS) is 14.4. The molecule has 0 bridgehead atoms. The van der Waals surface area contributed by atoms with E-state index in [1.807, 2.05) is 48.5 Å². The summed E-state index contributed by atoms with van der Waals surface area (Å²) in [7, 11) is 0. The van der Waals surface area contributed by atoms with Gasteiger partial charge in [-0.05, 0) is 30.5 Å². The van der Waals surface area contributed by atoms with Crippen LogP contribution in [-0.2, 0) is 25.6 Å². The Hall–Kier alpha value is -3.91. The predicted molar refractivity (Wildman–Crippen MR) is 120 cm³/mol. The largest absolute Gasteiger partial charge is 0.472 e. The van der Waals surface area contributed by atoms with E-state index in [1.54, 1.807) is 24.7 Å². The van der Waals surface area contributed by atoms with Gasteiger partial charge in [0.15, 0.2) is 0 Å². The lowest BCUT2D eigenvalue weighted by molar-refractivity contribution is -0.168. The van der Waals surface area contributed by atoms with Crippen LogP contribution in [0.25, 0.3) is 11.1 Å². The second-order valence-corrected chi connectivity index (χ2v) is 7.73. The van der Waals surface area contributed by atoms with Gasteiger partial charge in [0.1, 0.15) is 6.10 Å². The smallest absolute Gasteiger partial charge is 0.426 e. The van der Waals surface area contributed by atoms with Crippen molar-refractivity contribution in [2.45, 2.75) is 25.5 Å². The number of amides is 1. The number of likely N-dealkylation sites (tertiary alicyclic amines) is 1. The third-order valence-electron chi connectivity index (χ3n) is 5.40. The molecular formula is C25H24N2O6. The molecule has 1 aliphatic heterocycles. The van der Waals surface area contributed by atoms with Gasteiger partial charge in [0.25, 0.3) is 0 Å². The topological polar surface area (TPSA) is 98.1 Å². The average molecular weight is 448 g/mol. The molecule has 0 aliphatic carbocycles. The van der Waals surface area contributed by atoms with Crippen molar-refractivity contribution in [3.05, 3.63) is 78.8 Å². The third kappa shape index (κ3) is 6.08. The van der Waals surface area contributed by atoms with Gasteiger partial charge >= 0.3 is 18.0 Å². The Morgan fingerprint density at radius 2 is 1.67 bits per heavy atom. The highest BCUT2D eigenvalue weighted by atomic mass is 16.6. The van der Waals surface area contributed by atoms with Crippen molar-refractivity contribution in [1.29, 1.82) is 0 Å². The molecular weight excluding hydrogens is 424 g/mol. The van der Waals surface area contributed by atoms with Crippen molar-refractivity contribution in [3.8, 4) is 11.1 Å². The van der Waals surface area contributed by atoms with Crippen LogP contribution in [0.5, 0.6) is 0 Å². The standard InChI is InChI=1S/C25H24N2O6/c28-23(32-20-10-13-27(14-11-20)16-18-12-15-31-17-18)24(29)33-25(30)26-22-9-5-4-8-21(22)19-6-2-1-3-7-19/h1-9,12,15,17,20H,10-11,13-14,16H2,(H,26,30). The number of para-hydroxylation sites is 1. The molecule has 1 aliphatic rings. The van der Waals surface area contributed by atoms with Crippen LogP contribution in [0.2, 0.25) is 0 Å². The summed E-state index contributed by atoms with van der Waals surface area (Å²) in [6.07, 6.45) is 3.07. The lowest BCUT2D eigenvalue weighted by Gasteiger charge is -2.30. The fourth-order valence-electron chi connectivity index (χ4n) is 3.75. The van der Waals surface area contributed by atoms with Crippen molar-refractivity contribution >= 4 is 23.7 Å². The highest BCUT2D eigenvalue weighted by Gasteiger charge is 2.28. The van der Waals surface area contributed by atoms with Crippen molar-refractivity contribution < 1.29 is 28.3 Å². The number of rotatable bonds is 5. The van der Waals surface area contributed by atoms with Crippen LogP contribution < -0.4 is 5.32 Å². The summed E-state index contributed by atoms with van der Waals surface area (Å²) in [5.41, 5.74) is 3.18. The maximum atomic E-state index is 12.2. The van der Waals surface area contributed by atoms with E-state index < -0.39 is 24.1 Å². The van der Waals surface area contributed by atoms with Crippen LogP contribution in [0.1, 0.15) is 18.4 Å². The maximum Gasteiger partial charge on any atom is 0.426 e. The second kappa shape index (κ2) is 10.6. The number of ether oxygens (including phenoxy) is 2. The number of furan rings is 1. The van der Waals surface area contributed by atoms with E-state index in [-0.39, 0.29) is 0 Å². The fraction of sp³-hybridized carbons (Fsp3) is 0.240. The van der Waals surface area contributed by atoms with E-state index in [9.17, 15) is 14.4 Å². The Labute approximate surface area is 191 Å². The number of hydrogen-bond donors (Lipinski definition) is 1. The van der Waals surface area contributed by atoms with Crippen molar-refractivity contribution in [2.24, 2.45) is 0 Å². The molecule has 3 aromatic rings. The molecule has 170 valence electrons. The Morgan fingerprint density at radius 3 is 2.39 bits per heavy atom. The number of nitrogens with one attached hydrogen (secondary N) is 1. The van der Waals surface area contributed by atoms with Crippen LogP contribution in [0.4, 0.5) is 10.5 Å². The van der Waals surface area contributed by atoms with Crippen LogP contribution in [0.3, 0.4) is 0 Å². The van der Waals surface area contributed by atoms with Crippen molar-refractivity contribution in [3.63, 3.8) is 0 Å². The minimum Gasteiger partial charge on any atom is -0.472 e. The molecule has 1 amide bonds. The fourth-order valence-corrected chi connectivity index (χ4v) is 3.75. The zero-order valence-corrected chi connectivity index (χ0v) is 17.9. The van der Waals surface area contributed by atoms with E-state index in [0.29, 0.717) is 18.5 Å². The molecule has 0 atom stereocenters. The van der Waals surface area contributed by atoms with Crippen LogP contribution in [0.15, 0.2) is 77.6 Å². The Kier molecular flexibility index (Phi) is 7.16. The second-order valence-electron chi connectivity index (χ2n) is 7.73. The van der Waals surface area contributed by atoms with Gasteiger partial charge in [-0.1, -0.05) is 48.5 Å². The number of hydrogen-bond acceptors (Lipinski definition) is 7. The molecule has 4 rings (SSSR count). The van der Waals surface area contributed by atoms with Gasteiger partial charge in [-0.15, -0.1) is 0 Å². The molecule has 2 aromatic carbocycles. The molecule has 0 unspecified atom stereocenters. The average Bonchev–Trinajstić information content (AvgIpc) is 3.34. The Balaban J connectivity index is 1.25. The number of benzene rings is 2. The van der Waals surface area contributed by atoms with Gasteiger partial charge in [-0.25, -0.2) is 14.4 Å². The summed E-state index contributed by atoms with van der Waals surface area (Å²) in [6, 6.07) is 18.5. The Bertz CT molecular complexity index is 1090. The van der Waals surface area contributed by atoms with E-state index in [4.69, 9.17) is 9.15 Å². The van der Waals surface area contributed by atoms with Crippen LogP contribution >= 0.6 is 0 Å². The SMILES string of the molecule is O=C(Nc1ccccc1-c1ccccc1)OC(=O)C(=O)OC1CCN(Cc2ccoc2)CC1. The van der Waals surface area contributed by atoms with E-state index in [1.165, 1.54) is 0 Å². The lowest BCUT2D eigenvalue weighted by atomic mass is 10.0. The first-order chi connectivity index (χ1) is 16.1. The summed E-state index contributed by atoms with van der Waals surface area (Å²) < 4.78 is 15.0. The number of piperidine rings is 1. The zero-order valence-electron chi connectivity index (χ0n) is 17.9. The molecule has 1 N–H and O–H groups in total. The maximum absolute atomic E-state index is 12.2. The number of nitrogens with zero attached hydrogens (tertiary/aromatic N) is 1. The number of carbonyl (C=O) groups excluding carboxylic acids is 3. The first-order valence-electron chi connectivity index (χ1n) is 10.7. The Morgan fingerprint density at radius 1 is 0.939 bits per heavy atom. The van der Waals surface area contributed by atoms with Gasteiger partial charge in [0, 0.05) is 30.8 Å². The summed E-state index contributed by atoms with van der Waals surface area (Å²) in [4.78, 5) is 38.6. The van der Waals surface area contributed by atoms with E-state index >= 15 is 0 Å². The molecule has 1 aromatic heterocycles. The molecule has 8 nitrogen and oxygen atoms in total. The lowest BCUT2D eigenvalue weighted by Crippen LogP contribution is -2.38. The van der Waals surface area contributed by atoms with Gasteiger partial charge in [0.05, 0.1) is 18.2 Å². The van der Waals surface area contributed by atoms with Crippen molar-refractivity contribution in [2.75, 3.05) is 18.4 Å². The quantitative estimate of drug-likeness (QED) is 0.354. The summed E-state index contributed by atoms with van der Waals surface area (Å²) in [5.74, 6) is -2.51. The minimum atomic E-state index is -1.34. The molecule has 1 saturated heterocycles. The van der Waals surface area contributed by atoms with Crippen LogP contribution in [0, 0.1) is 0 Å². The minimum absolute atomic E-state index is 0.396. The summed E-state index contributed by atoms with van der Waals surface area (Å²) in [6.45, 7) is 2.19. The predicted octanol–water partition coefficient (Wildman–Crippen LogP) is 4.23. The van der Waals surface area contributed by atoms with E-state index in [0.717, 1.165) is 36.3 Å². The van der Waals surface area contributed by atoms with Gasteiger partial charge in [-0.3, -0.25) is 10.2 Å². The summed E-state index contributed by atoms with van der Waals surface area (Å²) in [5, 5.41) is 2.52. The molecule has 0 saturated carbocycles.